The first kappa shape index (κ1) is 15.1. The smallest absolute Gasteiger partial charge is 0.215 e. The highest BCUT2D eigenvalue weighted by atomic mass is 16.5. The predicted molar refractivity (Wildman–Crippen MR) is 94.9 cm³/mol. The van der Waals surface area contributed by atoms with E-state index in [4.69, 9.17) is 4.74 Å². The van der Waals surface area contributed by atoms with Crippen molar-refractivity contribution < 1.29 is 4.74 Å². The Hall–Kier alpha value is -2.81. The number of benzene rings is 2. The van der Waals surface area contributed by atoms with E-state index in [1.165, 1.54) is 5.56 Å². The van der Waals surface area contributed by atoms with Gasteiger partial charge in [-0.3, -0.25) is 0 Å². The van der Waals surface area contributed by atoms with Crippen LogP contribution in [0, 0.1) is 0 Å². The number of hydrogen-bond acceptors (Lipinski definition) is 3. The Morgan fingerprint density at radius 3 is 2.26 bits per heavy atom. The van der Waals surface area contributed by atoms with E-state index in [1.807, 2.05) is 30.3 Å². The molecule has 0 spiro atoms. The van der Waals surface area contributed by atoms with Gasteiger partial charge in [-0.15, -0.1) is 0 Å². The van der Waals surface area contributed by atoms with E-state index in [-0.39, 0.29) is 0 Å². The maximum atomic E-state index is 5.33. The molecule has 0 aliphatic rings. The molecule has 0 bridgehead atoms. The first-order valence-corrected chi connectivity index (χ1v) is 7.74. The number of nitrogens with zero attached hydrogens (tertiary/aromatic N) is 1. The highest BCUT2D eigenvalue weighted by molar-refractivity contribution is 5.67. The number of anilines is 1. The number of ether oxygens (including phenoxy) is 1. The van der Waals surface area contributed by atoms with Crippen LogP contribution in [0.1, 0.15) is 5.56 Å². The van der Waals surface area contributed by atoms with Crippen molar-refractivity contribution >= 4 is 5.82 Å². The lowest BCUT2D eigenvalue weighted by Crippen LogP contribution is -2.07. The molecule has 0 aliphatic carbocycles. The first-order chi connectivity index (χ1) is 11.3. The van der Waals surface area contributed by atoms with E-state index in [1.54, 1.807) is 7.11 Å². The minimum atomic E-state index is 0.619. The van der Waals surface area contributed by atoms with Gasteiger partial charge in [0.25, 0.3) is 0 Å². The molecule has 3 rings (SSSR count). The van der Waals surface area contributed by atoms with Gasteiger partial charge in [0.2, 0.25) is 5.88 Å². The van der Waals surface area contributed by atoms with Crippen molar-refractivity contribution in [2.45, 2.75) is 6.42 Å². The van der Waals surface area contributed by atoms with Crippen molar-refractivity contribution in [2.24, 2.45) is 0 Å². The van der Waals surface area contributed by atoms with Crippen molar-refractivity contribution in [2.75, 3.05) is 19.0 Å². The van der Waals surface area contributed by atoms with Crippen LogP contribution in [0.4, 0.5) is 5.82 Å². The zero-order chi connectivity index (χ0) is 15.9. The average Bonchev–Trinajstić information content (AvgIpc) is 2.63. The Labute approximate surface area is 137 Å². The molecule has 116 valence electrons. The van der Waals surface area contributed by atoms with Crippen LogP contribution in [-0.4, -0.2) is 18.6 Å². The van der Waals surface area contributed by atoms with Gasteiger partial charge in [0.15, 0.2) is 0 Å². The van der Waals surface area contributed by atoms with Gasteiger partial charge in [0, 0.05) is 12.6 Å². The number of nitrogens with one attached hydrogen (secondary N) is 1. The van der Waals surface area contributed by atoms with E-state index in [0.717, 1.165) is 29.9 Å². The lowest BCUT2D eigenvalue weighted by Gasteiger charge is -2.10. The van der Waals surface area contributed by atoms with Gasteiger partial charge in [-0.25, -0.2) is 0 Å². The normalized spacial score (nSPS) is 10.3. The summed E-state index contributed by atoms with van der Waals surface area (Å²) in [6, 6.07) is 24.7. The molecule has 1 N–H and O–H groups in total. The second-order valence-corrected chi connectivity index (χ2v) is 5.31. The van der Waals surface area contributed by atoms with Gasteiger partial charge in [-0.05, 0) is 29.2 Å². The number of aromatic nitrogens is 1. The molecule has 0 amide bonds. The highest BCUT2D eigenvalue weighted by Crippen LogP contribution is 2.25. The Kier molecular flexibility index (Phi) is 4.89. The molecule has 0 fully saturated rings. The van der Waals surface area contributed by atoms with Crippen molar-refractivity contribution in [1.29, 1.82) is 0 Å². The Bertz CT molecular complexity index is 742. The molecule has 0 saturated heterocycles. The summed E-state index contributed by atoms with van der Waals surface area (Å²) in [6.07, 6.45) is 0.959. The van der Waals surface area contributed by atoms with Crippen LogP contribution in [0.15, 0.2) is 72.8 Å². The topological polar surface area (TPSA) is 34.1 Å². The van der Waals surface area contributed by atoms with Crippen molar-refractivity contribution in [3.63, 3.8) is 0 Å². The molecule has 23 heavy (non-hydrogen) atoms. The molecule has 0 radical (unpaired) electrons. The molecular formula is C20H20N2O. The van der Waals surface area contributed by atoms with Gasteiger partial charge in [-0.1, -0.05) is 60.7 Å². The Morgan fingerprint density at radius 2 is 1.57 bits per heavy atom. The summed E-state index contributed by atoms with van der Waals surface area (Å²) in [5.41, 5.74) is 3.56. The van der Waals surface area contributed by atoms with Gasteiger partial charge >= 0.3 is 0 Å². The molecule has 2 aromatic carbocycles. The molecule has 0 saturated carbocycles. The Morgan fingerprint density at radius 1 is 0.870 bits per heavy atom. The summed E-state index contributed by atoms with van der Waals surface area (Å²) < 4.78 is 5.33. The summed E-state index contributed by atoms with van der Waals surface area (Å²) in [5.74, 6) is 1.45. The van der Waals surface area contributed by atoms with E-state index < -0.39 is 0 Å². The van der Waals surface area contributed by atoms with Gasteiger partial charge < -0.3 is 10.1 Å². The van der Waals surface area contributed by atoms with Crippen molar-refractivity contribution in [3.05, 3.63) is 78.4 Å². The van der Waals surface area contributed by atoms with Crippen LogP contribution in [-0.2, 0) is 6.42 Å². The van der Waals surface area contributed by atoms with E-state index >= 15 is 0 Å². The predicted octanol–water partition coefficient (Wildman–Crippen LogP) is 4.41. The van der Waals surface area contributed by atoms with Crippen LogP contribution >= 0.6 is 0 Å². The van der Waals surface area contributed by atoms with Crippen LogP contribution in [0.3, 0.4) is 0 Å². The van der Waals surface area contributed by atoms with Crippen LogP contribution in [0.5, 0.6) is 5.88 Å². The summed E-state index contributed by atoms with van der Waals surface area (Å²) in [7, 11) is 1.64. The molecule has 0 unspecified atom stereocenters. The highest BCUT2D eigenvalue weighted by Gasteiger charge is 2.05. The molecule has 1 aromatic heterocycles. The molecule has 3 nitrogen and oxygen atoms in total. The third-order valence-corrected chi connectivity index (χ3v) is 3.68. The third-order valence-electron chi connectivity index (χ3n) is 3.68. The van der Waals surface area contributed by atoms with Crippen LogP contribution < -0.4 is 10.1 Å². The van der Waals surface area contributed by atoms with E-state index in [0.29, 0.717) is 5.88 Å². The van der Waals surface area contributed by atoms with Gasteiger partial charge in [-0.2, -0.15) is 4.98 Å². The lowest BCUT2D eigenvalue weighted by atomic mass is 10.1. The summed E-state index contributed by atoms with van der Waals surface area (Å²) in [5, 5.41) is 3.39. The minimum Gasteiger partial charge on any atom is -0.481 e. The fourth-order valence-corrected chi connectivity index (χ4v) is 2.48. The maximum absolute atomic E-state index is 5.33. The van der Waals surface area contributed by atoms with Crippen molar-refractivity contribution in [3.8, 4) is 17.0 Å². The minimum absolute atomic E-state index is 0.619. The van der Waals surface area contributed by atoms with Crippen LogP contribution in [0.2, 0.25) is 0 Å². The largest absolute Gasteiger partial charge is 0.481 e. The number of methoxy groups -OCH3 is 1. The number of rotatable bonds is 6. The third kappa shape index (κ3) is 4.10. The Balaban J connectivity index is 1.74. The second-order valence-electron chi connectivity index (χ2n) is 5.31. The molecule has 3 heteroatoms. The summed E-state index contributed by atoms with van der Waals surface area (Å²) >= 11 is 0. The summed E-state index contributed by atoms with van der Waals surface area (Å²) in [6.45, 7) is 0.832. The zero-order valence-electron chi connectivity index (χ0n) is 13.2. The molecule has 3 aromatic rings. The summed E-state index contributed by atoms with van der Waals surface area (Å²) in [4.78, 5) is 4.48. The maximum Gasteiger partial charge on any atom is 0.215 e. The average molecular weight is 304 g/mol. The fraction of sp³-hybridized carbons (Fsp3) is 0.150. The lowest BCUT2D eigenvalue weighted by molar-refractivity contribution is 0.398. The monoisotopic (exact) mass is 304 g/mol. The second kappa shape index (κ2) is 7.45. The van der Waals surface area contributed by atoms with Crippen LogP contribution in [0.25, 0.3) is 11.1 Å². The van der Waals surface area contributed by atoms with E-state index in [9.17, 15) is 0 Å². The van der Waals surface area contributed by atoms with Crippen molar-refractivity contribution in [1.82, 2.24) is 4.98 Å². The van der Waals surface area contributed by atoms with E-state index in [2.05, 4.69) is 52.8 Å². The fourth-order valence-electron chi connectivity index (χ4n) is 2.48. The number of pyridine rings is 1. The molecule has 0 atom stereocenters. The zero-order valence-corrected chi connectivity index (χ0v) is 13.2. The number of hydrogen-bond donors (Lipinski definition) is 1. The molecule has 0 aliphatic heterocycles. The van der Waals surface area contributed by atoms with Gasteiger partial charge in [0.05, 0.1) is 7.11 Å². The standard InChI is InChI=1S/C20H20N2O/c1-23-20-15-18(17-10-6-3-7-11-17)14-19(22-20)21-13-12-16-8-4-2-5-9-16/h2-11,14-15H,12-13H2,1H3,(H,21,22). The first-order valence-electron chi connectivity index (χ1n) is 7.74. The SMILES string of the molecule is COc1cc(-c2ccccc2)cc(NCCc2ccccc2)n1. The van der Waals surface area contributed by atoms with Gasteiger partial charge in [0.1, 0.15) is 5.82 Å². The molecule has 1 heterocycles. The molecular weight excluding hydrogens is 284 g/mol. The quantitative estimate of drug-likeness (QED) is 0.732.